The lowest BCUT2D eigenvalue weighted by Crippen LogP contribution is -2.40. The van der Waals surface area contributed by atoms with Crippen LogP contribution in [-0.2, 0) is 0 Å². The van der Waals surface area contributed by atoms with Crippen molar-refractivity contribution in [2.45, 2.75) is 32.2 Å². The Morgan fingerprint density at radius 2 is 2.14 bits per heavy atom. The van der Waals surface area contributed by atoms with Gasteiger partial charge in [-0.1, -0.05) is 6.42 Å². The molecule has 0 spiro atoms. The third-order valence-corrected chi connectivity index (χ3v) is 5.12. The number of carbonyl (C=O) groups is 1. The van der Waals surface area contributed by atoms with Gasteiger partial charge < -0.3 is 9.73 Å². The summed E-state index contributed by atoms with van der Waals surface area (Å²) in [6.07, 6.45) is 5.43. The van der Waals surface area contributed by atoms with Crippen molar-refractivity contribution in [1.82, 2.24) is 10.2 Å². The van der Waals surface area contributed by atoms with Gasteiger partial charge in [0.1, 0.15) is 5.76 Å². The quantitative estimate of drug-likeness (QED) is 0.916. The molecule has 0 aromatic carbocycles. The predicted octanol–water partition coefficient (Wildman–Crippen LogP) is 3.61. The molecule has 1 aliphatic rings. The first-order valence-electron chi connectivity index (χ1n) is 7.86. The molecule has 0 aliphatic carbocycles. The molecule has 1 atom stereocenters. The van der Waals surface area contributed by atoms with Crippen molar-refractivity contribution in [1.29, 1.82) is 0 Å². The molecule has 3 heterocycles. The molecule has 1 fully saturated rings. The first-order chi connectivity index (χ1) is 10.7. The summed E-state index contributed by atoms with van der Waals surface area (Å²) in [5.41, 5.74) is 0. The Balaban J connectivity index is 1.66. The Morgan fingerprint density at radius 3 is 2.77 bits per heavy atom. The molecule has 4 nitrogen and oxygen atoms in total. The maximum Gasteiger partial charge on any atom is 0.261 e. The third-order valence-electron chi connectivity index (χ3n) is 4.12. The zero-order valence-corrected chi connectivity index (χ0v) is 13.7. The molecular formula is C17H22N2O2S. The molecule has 118 valence electrons. The van der Waals surface area contributed by atoms with E-state index in [-0.39, 0.29) is 11.9 Å². The molecule has 2 aromatic heterocycles. The lowest BCUT2D eigenvalue weighted by Gasteiger charge is -2.33. The van der Waals surface area contributed by atoms with Crippen LogP contribution in [-0.4, -0.2) is 30.4 Å². The topological polar surface area (TPSA) is 45.5 Å². The van der Waals surface area contributed by atoms with E-state index in [1.54, 1.807) is 6.26 Å². The van der Waals surface area contributed by atoms with Gasteiger partial charge in [-0.15, -0.1) is 11.3 Å². The Hall–Kier alpha value is -1.59. The maximum atomic E-state index is 12.3. The monoisotopic (exact) mass is 318 g/mol. The number of furan rings is 1. The van der Waals surface area contributed by atoms with Gasteiger partial charge >= 0.3 is 0 Å². The number of aryl methyl sites for hydroxylation is 1. The van der Waals surface area contributed by atoms with Gasteiger partial charge in [-0.05, 0) is 57.1 Å². The van der Waals surface area contributed by atoms with Crippen LogP contribution >= 0.6 is 11.3 Å². The van der Waals surface area contributed by atoms with Gasteiger partial charge in [0.05, 0.1) is 17.2 Å². The highest BCUT2D eigenvalue weighted by atomic mass is 32.1. The molecule has 3 rings (SSSR count). The van der Waals surface area contributed by atoms with Crippen LogP contribution in [0.2, 0.25) is 0 Å². The van der Waals surface area contributed by atoms with Crippen LogP contribution in [0.3, 0.4) is 0 Å². The fraction of sp³-hybridized carbons (Fsp3) is 0.471. The fourth-order valence-corrected chi connectivity index (χ4v) is 3.74. The molecule has 1 saturated heterocycles. The second-order valence-electron chi connectivity index (χ2n) is 5.75. The summed E-state index contributed by atoms with van der Waals surface area (Å²) in [4.78, 5) is 16.6. The summed E-state index contributed by atoms with van der Waals surface area (Å²) >= 11 is 1.53. The number of hydrogen-bond acceptors (Lipinski definition) is 4. The first-order valence-corrected chi connectivity index (χ1v) is 8.68. The van der Waals surface area contributed by atoms with E-state index in [4.69, 9.17) is 4.42 Å². The van der Waals surface area contributed by atoms with E-state index in [0.717, 1.165) is 28.6 Å². The lowest BCUT2D eigenvalue weighted by molar-refractivity contribution is 0.0918. The minimum absolute atomic E-state index is 0.00617. The van der Waals surface area contributed by atoms with E-state index in [2.05, 4.69) is 10.2 Å². The maximum absolute atomic E-state index is 12.3. The lowest BCUT2D eigenvalue weighted by atomic mass is 10.1. The van der Waals surface area contributed by atoms with Gasteiger partial charge in [0.2, 0.25) is 0 Å². The summed E-state index contributed by atoms with van der Waals surface area (Å²) < 4.78 is 5.60. The van der Waals surface area contributed by atoms with Gasteiger partial charge in [-0.25, -0.2) is 0 Å². The summed E-state index contributed by atoms with van der Waals surface area (Å²) in [6.45, 7) is 4.74. The van der Waals surface area contributed by atoms with Crippen LogP contribution in [0.25, 0.3) is 0 Å². The zero-order valence-electron chi connectivity index (χ0n) is 12.9. The number of nitrogens with zero attached hydrogens (tertiary/aromatic N) is 1. The number of carbonyl (C=O) groups excluding carboxylic acids is 1. The number of amides is 1. The van der Waals surface area contributed by atoms with Crippen molar-refractivity contribution in [2.24, 2.45) is 0 Å². The van der Waals surface area contributed by atoms with E-state index in [0.29, 0.717) is 6.54 Å². The Morgan fingerprint density at radius 1 is 1.32 bits per heavy atom. The van der Waals surface area contributed by atoms with Crippen molar-refractivity contribution < 1.29 is 9.21 Å². The number of hydrogen-bond donors (Lipinski definition) is 1. The largest absolute Gasteiger partial charge is 0.468 e. The molecular weight excluding hydrogens is 296 g/mol. The van der Waals surface area contributed by atoms with Crippen LogP contribution in [0.5, 0.6) is 0 Å². The van der Waals surface area contributed by atoms with Gasteiger partial charge in [-0.3, -0.25) is 9.69 Å². The molecule has 5 heteroatoms. The van der Waals surface area contributed by atoms with Gasteiger partial charge in [0.15, 0.2) is 0 Å². The van der Waals surface area contributed by atoms with E-state index < -0.39 is 0 Å². The number of piperidine rings is 1. The van der Waals surface area contributed by atoms with Crippen LogP contribution in [0, 0.1) is 6.92 Å². The fourth-order valence-electron chi connectivity index (χ4n) is 2.95. The second-order valence-corrected chi connectivity index (χ2v) is 7.04. The van der Waals surface area contributed by atoms with Gasteiger partial charge in [0.25, 0.3) is 5.91 Å². The highest BCUT2D eigenvalue weighted by molar-refractivity contribution is 7.13. The molecule has 0 bridgehead atoms. The third kappa shape index (κ3) is 3.59. The van der Waals surface area contributed by atoms with Crippen molar-refractivity contribution in [3.05, 3.63) is 46.0 Å². The summed E-state index contributed by atoms with van der Waals surface area (Å²) in [5, 5.41) is 3.07. The second kappa shape index (κ2) is 7.11. The molecule has 1 aliphatic heterocycles. The Labute approximate surface area is 135 Å². The molecule has 2 aromatic rings. The molecule has 22 heavy (non-hydrogen) atoms. The highest BCUT2D eigenvalue weighted by Gasteiger charge is 2.25. The highest BCUT2D eigenvalue weighted by Crippen LogP contribution is 2.25. The average molecular weight is 318 g/mol. The minimum Gasteiger partial charge on any atom is -0.468 e. The van der Waals surface area contributed by atoms with Gasteiger partial charge in [0, 0.05) is 11.4 Å². The summed E-state index contributed by atoms with van der Waals surface area (Å²) in [7, 11) is 0. The predicted molar refractivity (Wildman–Crippen MR) is 88.3 cm³/mol. The van der Waals surface area contributed by atoms with Crippen LogP contribution < -0.4 is 5.32 Å². The number of thiophene rings is 1. The summed E-state index contributed by atoms with van der Waals surface area (Å²) in [6, 6.07) is 7.91. The van der Waals surface area contributed by atoms with Crippen LogP contribution in [0.4, 0.5) is 0 Å². The van der Waals surface area contributed by atoms with E-state index in [1.807, 2.05) is 31.2 Å². The zero-order chi connectivity index (χ0) is 15.4. The number of nitrogens with one attached hydrogen (secondary N) is 1. The van der Waals surface area contributed by atoms with Gasteiger partial charge in [-0.2, -0.15) is 0 Å². The normalized spacial score (nSPS) is 17.3. The van der Waals surface area contributed by atoms with Crippen molar-refractivity contribution in [3.63, 3.8) is 0 Å². The SMILES string of the molecule is Cc1ccc(C(=O)NC[C@H](c2ccco2)N2CCCCC2)s1. The number of rotatable bonds is 5. The molecule has 0 radical (unpaired) electrons. The Kier molecular flexibility index (Phi) is 4.95. The first kappa shape index (κ1) is 15.3. The van der Waals surface area contributed by atoms with Crippen LogP contribution in [0.1, 0.15) is 45.6 Å². The molecule has 0 unspecified atom stereocenters. The van der Waals surface area contributed by atoms with Crippen molar-refractivity contribution >= 4 is 17.2 Å². The molecule has 1 amide bonds. The van der Waals surface area contributed by atoms with E-state index in [9.17, 15) is 4.79 Å². The Bertz CT molecular complexity index is 600. The average Bonchev–Trinajstić information content (AvgIpc) is 3.20. The van der Waals surface area contributed by atoms with Crippen molar-refractivity contribution in [3.8, 4) is 0 Å². The van der Waals surface area contributed by atoms with Crippen molar-refractivity contribution in [2.75, 3.05) is 19.6 Å². The number of likely N-dealkylation sites (tertiary alicyclic amines) is 1. The molecule has 1 N–H and O–H groups in total. The smallest absolute Gasteiger partial charge is 0.261 e. The summed E-state index contributed by atoms with van der Waals surface area (Å²) in [5.74, 6) is 0.941. The van der Waals surface area contributed by atoms with E-state index in [1.165, 1.54) is 30.6 Å². The standard InChI is InChI=1S/C17H22N2O2S/c1-13-7-8-16(22-13)17(20)18-12-14(15-6-5-11-21-15)19-9-3-2-4-10-19/h5-8,11,14H,2-4,9-10,12H2,1H3,(H,18,20)/t14-/m1/s1. The van der Waals surface area contributed by atoms with E-state index >= 15 is 0 Å². The van der Waals surface area contributed by atoms with Crippen LogP contribution in [0.15, 0.2) is 34.9 Å². The minimum atomic E-state index is 0.00617. The molecule has 0 saturated carbocycles.